The van der Waals surface area contributed by atoms with Gasteiger partial charge in [0.15, 0.2) is 0 Å². The first-order valence-electron chi connectivity index (χ1n) is 6.50. The summed E-state index contributed by atoms with van der Waals surface area (Å²) in [5.41, 5.74) is 1.98. The zero-order chi connectivity index (χ0) is 15.7. The number of anilines is 2. The van der Waals surface area contributed by atoms with Gasteiger partial charge in [0.25, 0.3) is 5.69 Å². The molecule has 7 nitrogen and oxygen atoms in total. The van der Waals surface area contributed by atoms with Crippen LogP contribution in [0.3, 0.4) is 0 Å². The topological polar surface area (TPSA) is 101 Å². The highest BCUT2D eigenvalue weighted by molar-refractivity contribution is 5.92. The number of hydrogen-bond donors (Lipinski definition) is 2. The van der Waals surface area contributed by atoms with Crippen molar-refractivity contribution in [1.29, 1.82) is 0 Å². The van der Waals surface area contributed by atoms with E-state index in [2.05, 4.69) is 15.3 Å². The quantitative estimate of drug-likeness (QED) is 0.406. The molecule has 8 heteroatoms. The average Bonchev–Trinajstić information content (AvgIpc) is 2.50. The summed E-state index contributed by atoms with van der Waals surface area (Å²) in [5, 5.41) is 24.3. The number of aromatic nitrogens is 2. The van der Waals surface area contributed by atoms with E-state index in [4.69, 9.17) is 0 Å². The van der Waals surface area contributed by atoms with Crippen molar-refractivity contribution < 1.29 is 22.4 Å². The van der Waals surface area contributed by atoms with Gasteiger partial charge < -0.3 is 22.8 Å². The third-order valence-corrected chi connectivity index (χ3v) is 3.23. The number of rotatable bonds is 3. The zero-order valence-corrected chi connectivity index (χ0v) is 12.8. The summed E-state index contributed by atoms with van der Waals surface area (Å²) in [7, 11) is 0. The number of nitro benzene ring substituents is 1. The molecular formula is C15H12ClN4O3-. The van der Waals surface area contributed by atoms with Crippen molar-refractivity contribution in [2.45, 2.75) is 6.92 Å². The number of aryl methyl sites for hydroxylation is 1. The number of nitrogens with one attached hydrogen (secondary N) is 1. The maximum absolute atomic E-state index is 10.9. The highest BCUT2D eigenvalue weighted by Crippen LogP contribution is 2.30. The zero-order valence-electron chi connectivity index (χ0n) is 12.0. The van der Waals surface area contributed by atoms with E-state index in [0.29, 0.717) is 22.4 Å². The maximum atomic E-state index is 10.9. The van der Waals surface area contributed by atoms with Crippen molar-refractivity contribution in [3.05, 3.63) is 58.4 Å². The highest BCUT2D eigenvalue weighted by atomic mass is 35.5. The summed E-state index contributed by atoms with van der Waals surface area (Å²) in [5.74, 6) is 0.470. The SMILES string of the molecule is Cc1ccc(O)c(Nc2ncnc3ccc([N+](=O)[O-])cc23)c1.[Cl-]. The van der Waals surface area contributed by atoms with Crippen LogP contribution in [0.5, 0.6) is 5.75 Å². The minimum Gasteiger partial charge on any atom is -1.00 e. The molecule has 1 heterocycles. The molecule has 0 fully saturated rings. The Morgan fingerprint density at radius 2 is 1.96 bits per heavy atom. The van der Waals surface area contributed by atoms with Crippen LogP contribution in [-0.2, 0) is 0 Å². The second-order valence-electron chi connectivity index (χ2n) is 4.83. The van der Waals surface area contributed by atoms with Crippen molar-refractivity contribution in [3.8, 4) is 5.75 Å². The average molecular weight is 332 g/mol. The minimum atomic E-state index is -0.472. The standard InChI is InChI=1S/C15H12N4O3.ClH/c1-9-2-5-14(20)13(6-9)18-15-11-7-10(19(21)22)3-4-12(11)16-8-17-15;/h2-8,20H,1H3,(H,16,17,18);1H/p-1. The number of nitrogens with zero attached hydrogens (tertiary/aromatic N) is 3. The molecule has 0 saturated heterocycles. The van der Waals surface area contributed by atoms with E-state index in [1.807, 2.05) is 6.92 Å². The van der Waals surface area contributed by atoms with Gasteiger partial charge in [-0.2, -0.15) is 0 Å². The van der Waals surface area contributed by atoms with Gasteiger partial charge in [-0.25, -0.2) is 9.97 Å². The third-order valence-electron chi connectivity index (χ3n) is 3.23. The van der Waals surface area contributed by atoms with Crippen LogP contribution in [0.2, 0.25) is 0 Å². The highest BCUT2D eigenvalue weighted by Gasteiger charge is 2.12. The molecule has 0 atom stereocenters. The van der Waals surface area contributed by atoms with Gasteiger partial charge in [0, 0.05) is 17.5 Å². The summed E-state index contributed by atoms with van der Waals surface area (Å²) >= 11 is 0. The number of aromatic hydroxyl groups is 1. The molecule has 3 rings (SSSR count). The maximum Gasteiger partial charge on any atom is 0.270 e. The van der Waals surface area contributed by atoms with Gasteiger partial charge >= 0.3 is 0 Å². The number of non-ortho nitro benzene ring substituents is 1. The van der Waals surface area contributed by atoms with E-state index in [1.165, 1.54) is 18.5 Å². The molecule has 0 aliphatic rings. The van der Waals surface area contributed by atoms with Gasteiger partial charge in [-0.1, -0.05) is 6.07 Å². The van der Waals surface area contributed by atoms with Crippen molar-refractivity contribution >= 4 is 28.1 Å². The Balaban J connectivity index is 0.00000192. The molecule has 0 aliphatic heterocycles. The molecule has 0 radical (unpaired) electrons. The Bertz CT molecular complexity index is 886. The molecule has 1 aromatic heterocycles. The van der Waals surface area contributed by atoms with Gasteiger partial charge in [0.2, 0.25) is 0 Å². The number of phenolic OH excluding ortho intramolecular Hbond substituents is 1. The fourth-order valence-electron chi connectivity index (χ4n) is 2.14. The minimum absolute atomic E-state index is 0. The van der Waals surface area contributed by atoms with Crippen molar-refractivity contribution in [3.63, 3.8) is 0 Å². The molecular weight excluding hydrogens is 320 g/mol. The first kappa shape index (κ1) is 16.4. The van der Waals surface area contributed by atoms with Crippen LogP contribution in [0.25, 0.3) is 10.9 Å². The second-order valence-corrected chi connectivity index (χ2v) is 4.83. The van der Waals surface area contributed by atoms with E-state index in [9.17, 15) is 15.2 Å². The lowest BCUT2D eigenvalue weighted by atomic mass is 10.2. The Kier molecular flexibility index (Phi) is 4.61. The second kappa shape index (κ2) is 6.45. The van der Waals surface area contributed by atoms with Gasteiger partial charge in [-0.15, -0.1) is 0 Å². The van der Waals surface area contributed by atoms with Gasteiger partial charge in [-0.05, 0) is 30.7 Å². The Hall–Kier alpha value is -2.93. The number of benzene rings is 2. The van der Waals surface area contributed by atoms with Crippen LogP contribution < -0.4 is 17.7 Å². The van der Waals surface area contributed by atoms with E-state index in [0.717, 1.165) is 5.56 Å². The number of halogens is 1. The first-order chi connectivity index (χ1) is 10.5. The summed E-state index contributed by atoms with van der Waals surface area (Å²) in [6.07, 6.45) is 1.36. The molecule has 2 N–H and O–H groups in total. The van der Waals surface area contributed by atoms with Crippen LogP contribution >= 0.6 is 0 Å². The molecule has 23 heavy (non-hydrogen) atoms. The largest absolute Gasteiger partial charge is 1.00 e. The Morgan fingerprint density at radius 1 is 1.17 bits per heavy atom. The first-order valence-corrected chi connectivity index (χ1v) is 6.50. The van der Waals surface area contributed by atoms with Crippen LogP contribution in [0.1, 0.15) is 5.56 Å². The lowest BCUT2D eigenvalue weighted by Crippen LogP contribution is -3.00. The predicted molar refractivity (Wildman–Crippen MR) is 82.3 cm³/mol. The van der Waals surface area contributed by atoms with E-state index >= 15 is 0 Å². The Labute approximate surface area is 137 Å². The number of phenols is 1. The third kappa shape index (κ3) is 3.29. The fourth-order valence-corrected chi connectivity index (χ4v) is 2.14. The van der Waals surface area contributed by atoms with Crippen molar-refractivity contribution in [1.82, 2.24) is 9.97 Å². The van der Waals surface area contributed by atoms with Gasteiger partial charge in [0.05, 0.1) is 16.1 Å². The molecule has 2 aromatic carbocycles. The predicted octanol–water partition coefficient (Wildman–Crippen LogP) is 0.300. The van der Waals surface area contributed by atoms with E-state index in [1.54, 1.807) is 24.3 Å². The lowest BCUT2D eigenvalue weighted by Gasteiger charge is -2.10. The summed E-state index contributed by atoms with van der Waals surface area (Å²) < 4.78 is 0. The lowest BCUT2D eigenvalue weighted by molar-refractivity contribution is -0.384. The number of fused-ring (bicyclic) bond motifs is 1. The molecule has 0 bridgehead atoms. The normalized spacial score (nSPS) is 10.1. The fraction of sp³-hybridized carbons (Fsp3) is 0.0667. The molecule has 0 aliphatic carbocycles. The summed E-state index contributed by atoms with van der Waals surface area (Å²) in [4.78, 5) is 18.7. The smallest absolute Gasteiger partial charge is 0.270 e. The van der Waals surface area contributed by atoms with Crippen molar-refractivity contribution in [2.24, 2.45) is 0 Å². The monoisotopic (exact) mass is 331 g/mol. The molecule has 0 saturated carbocycles. The molecule has 0 amide bonds. The molecule has 0 unspecified atom stereocenters. The van der Waals surface area contributed by atoms with E-state index in [-0.39, 0.29) is 23.8 Å². The van der Waals surface area contributed by atoms with Crippen LogP contribution in [0.15, 0.2) is 42.7 Å². The summed E-state index contributed by atoms with van der Waals surface area (Å²) in [6, 6.07) is 9.48. The van der Waals surface area contributed by atoms with Crippen LogP contribution in [0.4, 0.5) is 17.2 Å². The van der Waals surface area contributed by atoms with Crippen LogP contribution in [-0.4, -0.2) is 20.0 Å². The summed E-state index contributed by atoms with van der Waals surface area (Å²) in [6.45, 7) is 1.90. The Morgan fingerprint density at radius 3 is 2.70 bits per heavy atom. The number of nitro groups is 1. The van der Waals surface area contributed by atoms with Crippen molar-refractivity contribution in [2.75, 3.05) is 5.32 Å². The van der Waals surface area contributed by atoms with E-state index < -0.39 is 4.92 Å². The molecule has 118 valence electrons. The number of hydrogen-bond acceptors (Lipinski definition) is 6. The molecule has 3 aromatic rings. The van der Waals surface area contributed by atoms with Gasteiger partial charge in [-0.3, -0.25) is 10.1 Å². The van der Waals surface area contributed by atoms with Crippen LogP contribution in [0, 0.1) is 17.0 Å². The molecule has 0 spiro atoms. The van der Waals surface area contributed by atoms with Gasteiger partial charge in [0.1, 0.15) is 17.9 Å².